The van der Waals surface area contributed by atoms with Gasteiger partial charge in [-0.1, -0.05) is 31.2 Å². The lowest BCUT2D eigenvalue weighted by atomic mass is 9.90. The molecule has 2 rings (SSSR count). The summed E-state index contributed by atoms with van der Waals surface area (Å²) in [6.07, 6.45) is 1.25. The molecule has 1 aromatic rings. The maximum absolute atomic E-state index is 3.56. The molecule has 0 aromatic heterocycles. The largest absolute Gasteiger partial charge is 0.312 e. The fourth-order valence-corrected chi connectivity index (χ4v) is 3.05. The first-order chi connectivity index (χ1) is 9.70. The van der Waals surface area contributed by atoms with Crippen molar-refractivity contribution in [3.05, 3.63) is 35.4 Å². The van der Waals surface area contributed by atoms with E-state index in [1.807, 2.05) is 0 Å². The minimum atomic E-state index is 0.638. The first kappa shape index (κ1) is 15.5. The standard InChI is InChI=1S/C17H29N3/c1-4-20(11-7-10-19(2)3)14-16-13-18-12-15-8-5-6-9-17(15)16/h5-6,8-9,16,18H,4,7,10-14H2,1-3H3. The van der Waals surface area contributed by atoms with E-state index < -0.39 is 0 Å². The molecule has 0 saturated carbocycles. The Morgan fingerprint density at radius 2 is 2.00 bits per heavy atom. The SMILES string of the molecule is CCN(CCCN(C)C)CC1CNCc2ccccc21. The Hall–Kier alpha value is -0.900. The molecule has 112 valence electrons. The van der Waals surface area contributed by atoms with E-state index in [1.165, 1.54) is 31.6 Å². The van der Waals surface area contributed by atoms with E-state index in [0.29, 0.717) is 5.92 Å². The van der Waals surface area contributed by atoms with Crippen molar-refractivity contribution in [3.63, 3.8) is 0 Å². The van der Waals surface area contributed by atoms with Gasteiger partial charge in [0.2, 0.25) is 0 Å². The van der Waals surface area contributed by atoms with Crippen LogP contribution in [0.3, 0.4) is 0 Å². The molecular weight excluding hydrogens is 246 g/mol. The summed E-state index contributed by atoms with van der Waals surface area (Å²) in [4.78, 5) is 4.86. The smallest absolute Gasteiger partial charge is 0.0208 e. The molecule has 3 heteroatoms. The summed E-state index contributed by atoms with van der Waals surface area (Å²) in [6.45, 7) is 9.11. The Balaban J connectivity index is 1.91. The molecule has 1 N–H and O–H groups in total. The molecule has 0 radical (unpaired) electrons. The number of hydrogen-bond acceptors (Lipinski definition) is 3. The Morgan fingerprint density at radius 1 is 1.20 bits per heavy atom. The third-order valence-electron chi connectivity index (χ3n) is 4.21. The van der Waals surface area contributed by atoms with Gasteiger partial charge >= 0.3 is 0 Å². The van der Waals surface area contributed by atoms with Gasteiger partial charge in [0.15, 0.2) is 0 Å². The van der Waals surface area contributed by atoms with Gasteiger partial charge in [-0.3, -0.25) is 0 Å². The van der Waals surface area contributed by atoms with Crippen LogP contribution in [0, 0.1) is 0 Å². The zero-order chi connectivity index (χ0) is 14.4. The van der Waals surface area contributed by atoms with Gasteiger partial charge in [0.1, 0.15) is 0 Å². The topological polar surface area (TPSA) is 18.5 Å². The summed E-state index contributed by atoms with van der Waals surface area (Å²) in [5.41, 5.74) is 3.03. The van der Waals surface area contributed by atoms with Crippen molar-refractivity contribution in [2.75, 3.05) is 46.8 Å². The Morgan fingerprint density at radius 3 is 2.75 bits per heavy atom. The molecule has 0 fully saturated rings. The Bertz CT molecular complexity index is 403. The molecule has 0 aliphatic carbocycles. The Kier molecular flexibility index (Phi) is 6.02. The van der Waals surface area contributed by atoms with Gasteiger partial charge in [0.25, 0.3) is 0 Å². The van der Waals surface area contributed by atoms with Crippen LogP contribution in [0.1, 0.15) is 30.4 Å². The third-order valence-corrected chi connectivity index (χ3v) is 4.21. The van der Waals surface area contributed by atoms with Crippen molar-refractivity contribution in [2.24, 2.45) is 0 Å². The van der Waals surface area contributed by atoms with Crippen LogP contribution in [0.25, 0.3) is 0 Å². The van der Waals surface area contributed by atoms with Crippen LogP contribution in [0.5, 0.6) is 0 Å². The molecule has 1 aromatic carbocycles. The summed E-state index contributed by atoms with van der Waals surface area (Å²) in [7, 11) is 4.30. The van der Waals surface area contributed by atoms with Crippen LogP contribution in [0.2, 0.25) is 0 Å². The zero-order valence-corrected chi connectivity index (χ0v) is 13.2. The predicted octanol–water partition coefficient (Wildman–Crippen LogP) is 2.15. The second-order valence-corrected chi connectivity index (χ2v) is 6.08. The van der Waals surface area contributed by atoms with Crippen LogP contribution < -0.4 is 5.32 Å². The number of rotatable bonds is 7. The second kappa shape index (κ2) is 7.77. The zero-order valence-electron chi connectivity index (χ0n) is 13.2. The average molecular weight is 275 g/mol. The van der Waals surface area contributed by atoms with Crippen LogP contribution >= 0.6 is 0 Å². The molecule has 1 atom stereocenters. The van der Waals surface area contributed by atoms with E-state index in [2.05, 4.69) is 60.4 Å². The number of nitrogens with one attached hydrogen (secondary N) is 1. The highest BCUT2D eigenvalue weighted by Gasteiger charge is 2.21. The lowest BCUT2D eigenvalue weighted by molar-refractivity contribution is 0.246. The number of fused-ring (bicyclic) bond motifs is 1. The van der Waals surface area contributed by atoms with Crippen LogP contribution in [-0.2, 0) is 6.54 Å². The number of hydrogen-bond donors (Lipinski definition) is 1. The lowest BCUT2D eigenvalue weighted by Gasteiger charge is -2.31. The fourth-order valence-electron chi connectivity index (χ4n) is 3.05. The van der Waals surface area contributed by atoms with Crippen LogP contribution in [-0.4, -0.2) is 56.6 Å². The molecule has 0 saturated heterocycles. The molecule has 1 aliphatic rings. The maximum atomic E-state index is 3.56. The van der Waals surface area contributed by atoms with E-state index in [-0.39, 0.29) is 0 Å². The van der Waals surface area contributed by atoms with Crippen molar-refractivity contribution in [2.45, 2.75) is 25.8 Å². The molecular formula is C17H29N3. The van der Waals surface area contributed by atoms with E-state index in [9.17, 15) is 0 Å². The van der Waals surface area contributed by atoms with Gasteiger partial charge in [0.05, 0.1) is 0 Å². The molecule has 0 bridgehead atoms. The minimum absolute atomic E-state index is 0.638. The van der Waals surface area contributed by atoms with Crippen molar-refractivity contribution in [1.82, 2.24) is 15.1 Å². The second-order valence-electron chi connectivity index (χ2n) is 6.08. The minimum Gasteiger partial charge on any atom is -0.312 e. The highest BCUT2D eigenvalue weighted by atomic mass is 15.1. The highest BCUT2D eigenvalue weighted by Crippen LogP contribution is 2.24. The summed E-state index contributed by atoms with van der Waals surface area (Å²) >= 11 is 0. The molecule has 3 nitrogen and oxygen atoms in total. The Labute approximate surface area is 124 Å². The average Bonchev–Trinajstić information content (AvgIpc) is 2.46. The summed E-state index contributed by atoms with van der Waals surface area (Å²) in [6, 6.07) is 8.91. The number of nitrogens with zero attached hydrogens (tertiary/aromatic N) is 2. The van der Waals surface area contributed by atoms with Crippen molar-refractivity contribution >= 4 is 0 Å². The van der Waals surface area contributed by atoms with Gasteiger partial charge in [-0.15, -0.1) is 0 Å². The van der Waals surface area contributed by atoms with Gasteiger partial charge in [0, 0.05) is 25.6 Å². The third kappa shape index (κ3) is 4.30. The molecule has 1 aliphatic heterocycles. The van der Waals surface area contributed by atoms with Crippen molar-refractivity contribution in [1.29, 1.82) is 0 Å². The normalized spacial score (nSPS) is 18.6. The first-order valence-corrected chi connectivity index (χ1v) is 7.86. The van der Waals surface area contributed by atoms with Gasteiger partial charge < -0.3 is 15.1 Å². The quantitative estimate of drug-likeness (QED) is 0.822. The predicted molar refractivity (Wildman–Crippen MR) is 86.2 cm³/mol. The van der Waals surface area contributed by atoms with Gasteiger partial charge in [-0.05, 0) is 51.3 Å². The molecule has 20 heavy (non-hydrogen) atoms. The fraction of sp³-hybridized carbons (Fsp3) is 0.647. The molecule has 0 amide bonds. The lowest BCUT2D eigenvalue weighted by Crippen LogP contribution is -2.37. The molecule has 1 unspecified atom stereocenters. The van der Waals surface area contributed by atoms with Crippen molar-refractivity contribution < 1.29 is 0 Å². The van der Waals surface area contributed by atoms with Gasteiger partial charge in [-0.25, -0.2) is 0 Å². The summed E-state index contributed by atoms with van der Waals surface area (Å²) in [5, 5.41) is 3.56. The van der Waals surface area contributed by atoms with E-state index in [0.717, 1.165) is 19.6 Å². The number of benzene rings is 1. The monoisotopic (exact) mass is 275 g/mol. The van der Waals surface area contributed by atoms with Crippen LogP contribution in [0.4, 0.5) is 0 Å². The molecule has 0 spiro atoms. The van der Waals surface area contributed by atoms with Crippen LogP contribution in [0.15, 0.2) is 24.3 Å². The summed E-state index contributed by atoms with van der Waals surface area (Å²) < 4.78 is 0. The van der Waals surface area contributed by atoms with Crippen molar-refractivity contribution in [3.8, 4) is 0 Å². The first-order valence-electron chi connectivity index (χ1n) is 7.86. The number of likely N-dealkylation sites (N-methyl/N-ethyl adjacent to an activating group) is 1. The molecule has 1 heterocycles. The van der Waals surface area contributed by atoms with E-state index in [1.54, 1.807) is 5.56 Å². The van der Waals surface area contributed by atoms with E-state index >= 15 is 0 Å². The summed E-state index contributed by atoms with van der Waals surface area (Å²) in [5.74, 6) is 0.638. The van der Waals surface area contributed by atoms with E-state index in [4.69, 9.17) is 0 Å². The maximum Gasteiger partial charge on any atom is 0.0208 e. The highest BCUT2D eigenvalue weighted by molar-refractivity contribution is 5.32. The van der Waals surface area contributed by atoms with Gasteiger partial charge in [-0.2, -0.15) is 0 Å².